The van der Waals surface area contributed by atoms with Gasteiger partial charge in [0.25, 0.3) is 0 Å². The van der Waals surface area contributed by atoms with Gasteiger partial charge in [-0.25, -0.2) is 0 Å². The maximum absolute atomic E-state index is 10.6. The summed E-state index contributed by atoms with van der Waals surface area (Å²) in [5.41, 5.74) is 4.42. The molecule has 40 heavy (non-hydrogen) atoms. The van der Waals surface area contributed by atoms with Gasteiger partial charge in [-0.1, -0.05) is 58.3 Å². The lowest BCUT2D eigenvalue weighted by Gasteiger charge is -2.33. The van der Waals surface area contributed by atoms with Crippen LogP contribution in [0.5, 0.6) is 5.75 Å². The fraction of sp³-hybridized carbons (Fsp3) is 0.233. The number of hydrogen-bond donors (Lipinski definition) is 2. The van der Waals surface area contributed by atoms with Crippen LogP contribution in [0.4, 0.5) is 5.69 Å². The van der Waals surface area contributed by atoms with Crippen molar-refractivity contribution in [2.45, 2.75) is 25.6 Å². The van der Waals surface area contributed by atoms with E-state index < -0.39 is 0 Å². The smallest absolute Gasteiger partial charge is 0.323 e. The second kappa shape index (κ2) is 12.7. The molecule has 1 aliphatic heterocycles. The van der Waals surface area contributed by atoms with E-state index in [2.05, 4.69) is 25.4 Å². The van der Waals surface area contributed by atoms with Crippen LogP contribution >= 0.6 is 11.6 Å². The molecule has 0 amide bonds. The normalized spacial score (nSPS) is 14.2. The average molecular weight is 561 g/mol. The van der Waals surface area contributed by atoms with Crippen LogP contribution in [0.1, 0.15) is 24.0 Å². The summed E-state index contributed by atoms with van der Waals surface area (Å²) in [5.74, 6) is 1.10. The molecule has 2 N–H and O–H groups in total. The molecular weight excluding hydrogens is 532 g/mol. The van der Waals surface area contributed by atoms with Gasteiger partial charge in [-0.3, -0.25) is 4.79 Å². The molecule has 0 spiro atoms. The second-order valence-electron chi connectivity index (χ2n) is 9.27. The molecule has 3 aromatic carbocycles. The summed E-state index contributed by atoms with van der Waals surface area (Å²) in [6.07, 6.45) is 1.73. The lowest BCUT2D eigenvalue weighted by atomic mass is 10.0. The maximum atomic E-state index is 10.6. The van der Waals surface area contributed by atoms with E-state index in [1.807, 2.05) is 54.6 Å². The molecule has 0 radical (unpaired) electrons. The fourth-order valence-electron chi connectivity index (χ4n) is 4.83. The predicted octanol–water partition coefficient (Wildman–Crippen LogP) is 5.61. The number of ether oxygens (including phenoxy) is 1. The van der Waals surface area contributed by atoms with Gasteiger partial charge in [0.1, 0.15) is 11.4 Å². The molecular formula is C30H29ClN4O5. The van der Waals surface area contributed by atoms with Gasteiger partial charge in [-0.15, -0.1) is 0 Å². The molecule has 0 saturated carbocycles. The number of carbonyl (C=O) groups is 1. The zero-order valence-corrected chi connectivity index (χ0v) is 22.7. The third-order valence-electron chi connectivity index (χ3n) is 6.89. The predicted molar refractivity (Wildman–Crippen MR) is 153 cm³/mol. The monoisotopic (exact) mass is 560 g/mol. The van der Waals surface area contributed by atoms with E-state index in [-0.39, 0.29) is 24.9 Å². The molecule has 1 saturated heterocycles. The Hall–Kier alpha value is -4.34. The number of oxime groups is 1. The van der Waals surface area contributed by atoms with Gasteiger partial charge in [0.05, 0.1) is 28.9 Å². The zero-order valence-electron chi connectivity index (χ0n) is 21.9. The fourth-order valence-corrected chi connectivity index (χ4v) is 5.09. The summed E-state index contributed by atoms with van der Waals surface area (Å²) in [4.78, 5) is 17.3. The number of nitrogens with zero attached hydrogens (tertiary/aromatic N) is 3. The van der Waals surface area contributed by atoms with Crippen molar-refractivity contribution in [1.82, 2.24) is 10.5 Å². The van der Waals surface area contributed by atoms with Crippen LogP contribution in [0.25, 0.3) is 22.6 Å². The van der Waals surface area contributed by atoms with Crippen LogP contribution in [0, 0.1) is 0 Å². The van der Waals surface area contributed by atoms with E-state index in [1.54, 1.807) is 25.2 Å². The molecule has 206 valence electrons. The highest BCUT2D eigenvalue weighted by atomic mass is 35.5. The first-order chi connectivity index (χ1) is 19.6. The summed E-state index contributed by atoms with van der Waals surface area (Å²) >= 11 is 6.45. The molecule has 1 fully saturated rings. The Morgan fingerprint density at radius 2 is 1.88 bits per heavy atom. The number of hydrogen-bond acceptors (Lipinski definition) is 8. The molecule has 2 heterocycles. The summed E-state index contributed by atoms with van der Waals surface area (Å²) in [6, 6.07) is 22.6. The van der Waals surface area contributed by atoms with Crippen molar-refractivity contribution in [3.8, 4) is 28.3 Å². The zero-order chi connectivity index (χ0) is 27.9. The van der Waals surface area contributed by atoms with Crippen LogP contribution < -0.4 is 10.2 Å². The largest absolute Gasteiger partial charge is 0.507 e. The number of aromatic hydroxyl groups is 1. The van der Waals surface area contributed by atoms with Gasteiger partial charge < -0.3 is 29.4 Å². The molecule has 10 heteroatoms. The number of nitrogens with one attached hydrogen (secondary N) is 1. The van der Waals surface area contributed by atoms with Crippen LogP contribution in [-0.2, 0) is 21.0 Å². The molecule has 0 unspecified atom stereocenters. The lowest BCUT2D eigenvalue weighted by molar-refractivity contribution is -0.128. The standard InChI is InChI=1S/C30H29ClN4O5/c1-32-30(34-39-19-36)21-10-12-22(13-11-21)35-16-14-23(15-17-35)38-18-24-28(27-25(31)8-5-9-26(27)37)33-40-29(24)20-6-3-2-4-7-20/h2-13,19,23,37H,14-18H2,1H3,(H,32,34). The van der Waals surface area contributed by atoms with Crippen molar-refractivity contribution in [3.63, 3.8) is 0 Å². The van der Waals surface area contributed by atoms with Crippen LogP contribution in [0.2, 0.25) is 5.02 Å². The van der Waals surface area contributed by atoms with E-state index in [9.17, 15) is 9.90 Å². The Balaban J connectivity index is 1.28. The van der Waals surface area contributed by atoms with Gasteiger partial charge in [0.15, 0.2) is 11.6 Å². The number of halogens is 1. The molecule has 5 rings (SSSR count). The quantitative estimate of drug-likeness (QED) is 0.0894. The molecule has 9 nitrogen and oxygen atoms in total. The average Bonchev–Trinajstić information content (AvgIpc) is 3.41. The van der Waals surface area contributed by atoms with E-state index >= 15 is 0 Å². The minimum Gasteiger partial charge on any atom is -0.507 e. The summed E-state index contributed by atoms with van der Waals surface area (Å²) < 4.78 is 12.2. The topological polar surface area (TPSA) is 109 Å². The van der Waals surface area contributed by atoms with Gasteiger partial charge in [-0.2, -0.15) is 0 Å². The number of phenols is 1. The highest BCUT2D eigenvalue weighted by Gasteiger charge is 2.26. The minimum atomic E-state index is 0.0327. The first kappa shape index (κ1) is 27.2. The third-order valence-corrected chi connectivity index (χ3v) is 7.20. The number of amidine groups is 1. The van der Waals surface area contributed by atoms with Crippen molar-refractivity contribution >= 4 is 29.6 Å². The number of aromatic nitrogens is 1. The van der Waals surface area contributed by atoms with Crippen LogP contribution in [0.15, 0.2) is 82.5 Å². The SMILES string of the molecule is CN/C(=N\OC=O)c1ccc(N2CCC(OCc3c(-c4c(O)cccc4Cl)noc3-c3ccccc3)CC2)cc1. The van der Waals surface area contributed by atoms with E-state index in [0.717, 1.165) is 48.3 Å². The van der Waals surface area contributed by atoms with Crippen LogP contribution in [-0.4, -0.2) is 48.8 Å². The Labute approximate surface area is 236 Å². The Kier molecular flexibility index (Phi) is 8.63. The first-order valence-corrected chi connectivity index (χ1v) is 13.3. The third kappa shape index (κ3) is 5.95. The number of benzene rings is 3. The number of phenolic OH excluding ortho intramolecular Hbond substituents is 1. The molecule has 0 bridgehead atoms. The van der Waals surface area contributed by atoms with Crippen molar-refractivity contribution in [3.05, 3.63) is 88.9 Å². The highest BCUT2D eigenvalue weighted by Crippen LogP contribution is 2.41. The van der Waals surface area contributed by atoms with Crippen molar-refractivity contribution < 1.29 is 24.0 Å². The maximum Gasteiger partial charge on any atom is 0.323 e. The summed E-state index contributed by atoms with van der Waals surface area (Å²) in [5, 5.41) is 21.9. The molecule has 4 aromatic rings. The second-order valence-corrected chi connectivity index (χ2v) is 9.68. The molecule has 1 aromatic heterocycles. The van der Waals surface area contributed by atoms with Gasteiger partial charge in [0.2, 0.25) is 0 Å². The van der Waals surface area contributed by atoms with Crippen molar-refractivity contribution in [1.29, 1.82) is 0 Å². The summed E-state index contributed by atoms with van der Waals surface area (Å²) in [7, 11) is 1.72. The van der Waals surface area contributed by atoms with Gasteiger partial charge in [-0.05, 0) is 49.2 Å². The lowest BCUT2D eigenvalue weighted by Crippen LogP contribution is -2.37. The molecule has 0 aliphatic carbocycles. The Bertz CT molecular complexity index is 1450. The van der Waals surface area contributed by atoms with E-state index in [0.29, 0.717) is 27.9 Å². The van der Waals surface area contributed by atoms with Crippen LogP contribution in [0.3, 0.4) is 0 Å². The molecule has 0 atom stereocenters. The number of rotatable bonds is 9. The van der Waals surface area contributed by atoms with E-state index in [1.165, 1.54) is 0 Å². The minimum absolute atomic E-state index is 0.0327. The summed E-state index contributed by atoms with van der Waals surface area (Å²) in [6.45, 7) is 2.21. The van der Waals surface area contributed by atoms with Gasteiger partial charge >= 0.3 is 6.47 Å². The van der Waals surface area contributed by atoms with Crippen molar-refractivity contribution in [2.75, 3.05) is 25.0 Å². The number of piperidine rings is 1. The van der Waals surface area contributed by atoms with Gasteiger partial charge in [0, 0.05) is 37.0 Å². The molecule has 1 aliphatic rings. The highest BCUT2D eigenvalue weighted by molar-refractivity contribution is 6.33. The van der Waals surface area contributed by atoms with Crippen molar-refractivity contribution in [2.24, 2.45) is 5.16 Å². The number of anilines is 1. The Morgan fingerprint density at radius 1 is 1.12 bits per heavy atom. The van der Waals surface area contributed by atoms with E-state index in [4.69, 9.17) is 20.9 Å². The Morgan fingerprint density at radius 3 is 2.55 bits per heavy atom. The first-order valence-electron chi connectivity index (χ1n) is 12.9. The number of carbonyl (C=O) groups excluding carboxylic acids is 1.